The normalized spacial score (nSPS) is 10.7. The summed E-state index contributed by atoms with van der Waals surface area (Å²) in [5, 5.41) is 3.23. The van der Waals surface area contributed by atoms with E-state index in [1.807, 2.05) is 6.07 Å². The number of terminal acetylenes is 1. The van der Waals surface area contributed by atoms with Crippen molar-refractivity contribution in [2.45, 2.75) is 26.2 Å². The first kappa shape index (κ1) is 10.7. The molecule has 0 bridgehead atoms. The lowest BCUT2D eigenvalue weighted by Gasteiger charge is -2.22. The number of anilines is 1. The number of para-hydroxylation sites is 1. The quantitative estimate of drug-likeness (QED) is 0.702. The molecular formula is C13H17N. The second-order valence-electron chi connectivity index (χ2n) is 4.35. The Bertz CT molecular complexity index is 339. The zero-order valence-corrected chi connectivity index (χ0v) is 9.09. The fraction of sp³-hybridized carbons (Fsp3) is 0.385. The lowest BCUT2D eigenvalue weighted by molar-refractivity contribution is 0.592. The van der Waals surface area contributed by atoms with Crippen LogP contribution in [0.5, 0.6) is 0 Å². The molecule has 14 heavy (non-hydrogen) atoms. The maximum atomic E-state index is 5.22. The molecule has 0 atom stereocenters. The van der Waals surface area contributed by atoms with Crippen molar-refractivity contribution in [1.82, 2.24) is 0 Å². The smallest absolute Gasteiger partial charge is 0.0763 e. The van der Waals surface area contributed by atoms with Crippen LogP contribution >= 0.6 is 0 Å². The molecule has 0 aromatic heterocycles. The molecule has 0 spiro atoms. The third-order valence-electron chi connectivity index (χ3n) is 2.12. The van der Waals surface area contributed by atoms with Gasteiger partial charge in [0.1, 0.15) is 0 Å². The Morgan fingerprint density at radius 3 is 2.50 bits per heavy atom. The van der Waals surface area contributed by atoms with Crippen molar-refractivity contribution in [2.24, 2.45) is 0 Å². The molecule has 1 aromatic carbocycles. The fourth-order valence-electron chi connectivity index (χ4n) is 1.44. The van der Waals surface area contributed by atoms with E-state index < -0.39 is 0 Å². The molecule has 0 unspecified atom stereocenters. The highest BCUT2D eigenvalue weighted by molar-refractivity contribution is 5.54. The summed E-state index contributed by atoms with van der Waals surface area (Å²) in [4.78, 5) is 0. The molecule has 0 heterocycles. The van der Waals surface area contributed by atoms with Crippen LogP contribution in [0.1, 0.15) is 26.3 Å². The van der Waals surface area contributed by atoms with E-state index >= 15 is 0 Å². The van der Waals surface area contributed by atoms with Gasteiger partial charge in [0, 0.05) is 5.69 Å². The number of benzene rings is 1. The molecule has 1 heteroatoms. The van der Waals surface area contributed by atoms with Crippen molar-refractivity contribution < 1.29 is 0 Å². The van der Waals surface area contributed by atoms with Crippen molar-refractivity contribution in [3.63, 3.8) is 0 Å². The van der Waals surface area contributed by atoms with Gasteiger partial charge in [-0.3, -0.25) is 0 Å². The van der Waals surface area contributed by atoms with Crippen LogP contribution in [0.25, 0.3) is 0 Å². The Morgan fingerprint density at radius 2 is 1.93 bits per heavy atom. The summed E-state index contributed by atoms with van der Waals surface area (Å²) < 4.78 is 0. The van der Waals surface area contributed by atoms with Gasteiger partial charge in [-0.05, 0) is 17.0 Å². The average Bonchev–Trinajstić information content (AvgIpc) is 2.14. The number of hydrogen-bond acceptors (Lipinski definition) is 1. The topological polar surface area (TPSA) is 12.0 Å². The van der Waals surface area contributed by atoms with Crippen molar-refractivity contribution >= 4 is 5.69 Å². The molecule has 0 saturated heterocycles. The molecule has 0 saturated carbocycles. The van der Waals surface area contributed by atoms with Crippen LogP contribution < -0.4 is 5.32 Å². The van der Waals surface area contributed by atoms with Gasteiger partial charge in [-0.15, -0.1) is 6.42 Å². The second kappa shape index (κ2) is 4.19. The molecule has 1 aromatic rings. The summed E-state index contributed by atoms with van der Waals surface area (Å²) in [6, 6.07) is 8.28. The summed E-state index contributed by atoms with van der Waals surface area (Å²) in [6.07, 6.45) is 5.22. The monoisotopic (exact) mass is 187 g/mol. The van der Waals surface area contributed by atoms with Crippen molar-refractivity contribution in [3.05, 3.63) is 29.8 Å². The SMILES string of the molecule is C#CCNc1ccccc1C(C)(C)C. The second-order valence-corrected chi connectivity index (χ2v) is 4.35. The highest BCUT2D eigenvalue weighted by Gasteiger charge is 2.16. The minimum Gasteiger partial charge on any atom is -0.374 e. The molecule has 0 amide bonds. The minimum absolute atomic E-state index is 0.151. The Hall–Kier alpha value is -1.42. The standard InChI is InChI=1S/C13H17N/c1-5-10-14-12-9-7-6-8-11(12)13(2,3)4/h1,6-9,14H,10H2,2-4H3. The van der Waals surface area contributed by atoms with Gasteiger partial charge in [0.15, 0.2) is 0 Å². The molecule has 1 rings (SSSR count). The van der Waals surface area contributed by atoms with Gasteiger partial charge in [0.25, 0.3) is 0 Å². The van der Waals surface area contributed by atoms with E-state index in [1.165, 1.54) is 5.56 Å². The molecule has 1 nitrogen and oxygen atoms in total. The van der Waals surface area contributed by atoms with Gasteiger partial charge in [0.05, 0.1) is 6.54 Å². The zero-order chi connectivity index (χ0) is 10.6. The maximum Gasteiger partial charge on any atom is 0.0763 e. The van der Waals surface area contributed by atoms with Gasteiger partial charge in [0.2, 0.25) is 0 Å². The Kier molecular flexibility index (Phi) is 3.19. The summed E-state index contributed by atoms with van der Waals surface area (Å²) in [6.45, 7) is 7.17. The summed E-state index contributed by atoms with van der Waals surface area (Å²) in [5.41, 5.74) is 2.59. The predicted octanol–water partition coefficient (Wildman–Crippen LogP) is 3.03. The van der Waals surface area contributed by atoms with Crippen molar-refractivity contribution in [3.8, 4) is 12.3 Å². The van der Waals surface area contributed by atoms with E-state index in [0.717, 1.165) is 5.69 Å². The molecule has 0 radical (unpaired) electrons. The Morgan fingerprint density at radius 1 is 1.29 bits per heavy atom. The Labute approximate surface area is 86.5 Å². The van der Waals surface area contributed by atoms with Gasteiger partial charge in [-0.1, -0.05) is 44.9 Å². The summed E-state index contributed by atoms with van der Waals surface area (Å²) >= 11 is 0. The summed E-state index contributed by atoms with van der Waals surface area (Å²) in [5.74, 6) is 2.58. The lowest BCUT2D eigenvalue weighted by atomic mass is 9.86. The van der Waals surface area contributed by atoms with Gasteiger partial charge < -0.3 is 5.32 Å². The highest BCUT2D eigenvalue weighted by Crippen LogP contribution is 2.28. The third kappa shape index (κ3) is 2.53. The fourth-order valence-corrected chi connectivity index (χ4v) is 1.44. The van der Waals surface area contributed by atoms with Crippen LogP contribution in [-0.4, -0.2) is 6.54 Å². The van der Waals surface area contributed by atoms with Crippen LogP contribution in [0.3, 0.4) is 0 Å². The van der Waals surface area contributed by atoms with Gasteiger partial charge in [-0.25, -0.2) is 0 Å². The van der Waals surface area contributed by atoms with Crippen LogP contribution in [0.4, 0.5) is 5.69 Å². The van der Waals surface area contributed by atoms with Gasteiger partial charge >= 0.3 is 0 Å². The van der Waals surface area contributed by atoms with Crippen LogP contribution in [0, 0.1) is 12.3 Å². The number of hydrogen-bond donors (Lipinski definition) is 1. The zero-order valence-electron chi connectivity index (χ0n) is 9.09. The third-order valence-corrected chi connectivity index (χ3v) is 2.12. The van der Waals surface area contributed by atoms with Crippen LogP contribution in [-0.2, 0) is 5.41 Å². The molecule has 0 fully saturated rings. The number of nitrogens with one attached hydrogen (secondary N) is 1. The molecule has 0 aliphatic heterocycles. The number of rotatable bonds is 2. The first-order valence-electron chi connectivity index (χ1n) is 4.82. The van der Waals surface area contributed by atoms with E-state index in [-0.39, 0.29) is 5.41 Å². The molecule has 0 aliphatic carbocycles. The van der Waals surface area contributed by atoms with E-state index in [1.54, 1.807) is 0 Å². The molecular weight excluding hydrogens is 170 g/mol. The average molecular weight is 187 g/mol. The van der Waals surface area contributed by atoms with Crippen molar-refractivity contribution in [1.29, 1.82) is 0 Å². The predicted molar refractivity (Wildman–Crippen MR) is 62.5 cm³/mol. The van der Waals surface area contributed by atoms with Crippen molar-refractivity contribution in [2.75, 3.05) is 11.9 Å². The van der Waals surface area contributed by atoms with Crippen LogP contribution in [0.15, 0.2) is 24.3 Å². The maximum absolute atomic E-state index is 5.22. The largest absolute Gasteiger partial charge is 0.374 e. The molecule has 74 valence electrons. The van der Waals surface area contributed by atoms with E-state index in [0.29, 0.717) is 6.54 Å². The van der Waals surface area contributed by atoms with E-state index in [2.05, 4.69) is 50.2 Å². The minimum atomic E-state index is 0.151. The first-order chi connectivity index (χ1) is 6.55. The molecule has 0 aliphatic rings. The Balaban J connectivity index is 2.99. The first-order valence-corrected chi connectivity index (χ1v) is 4.82. The van der Waals surface area contributed by atoms with E-state index in [9.17, 15) is 0 Å². The molecule has 1 N–H and O–H groups in total. The highest BCUT2D eigenvalue weighted by atomic mass is 14.9. The van der Waals surface area contributed by atoms with Crippen LogP contribution in [0.2, 0.25) is 0 Å². The lowest BCUT2D eigenvalue weighted by Crippen LogP contribution is -2.14. The summed E-state index contributed by atoms with van der Waals surface area (Å²) in [7, 11) is 0. The van der Waals surface area contributed by atoms with E-state index in [4.69, 9.17) is 6.42 Å². The van der Waals surface area contributed by atoms with Gasteiger partial charge in [-0.2, -0.15) is 0 Å².